The Morgan fingerprint density at radius 3 is 2.87 bits per heavy atom. The summed E-state index contributed by atoms with van der Waals surface area (Å²) in [5.74, 6) is 2.36. The zero-order valence-electron chi connectivity index (χ0n) is 8.71. The highest BCUT2D eigenvalue weighted by Crippen LogP contribution is 2.17. The van der Waals surface area contributed by atoms with Gasteiger partial charge in [-0.05, 0) is 42.0 Å². The number of thioether (sulfide) groups is 1. The van der Waals surface area contributed by atoms with Crippen LogP contribution in [0, 0.1) is 5.82 Å². The Bertz CT molecular complexity index is 310. The van der Waals surface area contributed by atoms with Crippen LogP contribution in [0.25, 0.3) is 0 Å². The van der Waals surface area contributed by atoms with Crippen molar-refractivity contribution >= 4 is 11.8 Å². The van der Waals surface area contributed by atoms with Crippen LogP contribution in [0.1, 0.15) is 18.4 Å². The third-order valence-corrected chi connectivity index (χ3v) is 3.75. The number of rotatable bonds is 3. The Morgan fingerprint density at radius 1 is 1.33 bits per heavy atom. The van der Waals surface area contributed by atoms with Gasteiger partial charge in [0.1, 0.15) is 5.82 Å². The lowest BCUT2D eigenvalue weighted by atomic mass is 10.1. The van der Waals surface area contributed by atoms with E-state index < -0.39 is 0 Å². The zero-order chi connectivity index (χ0) is 10.5. The highest BCUT2D eigenvalue weighted by atomic mass is 32.2. The van der Waals surface area contributed by atoms with Gasteiger partial charge in [-0.1, -0.05) is 12.1 Å². The maximum absolute atomic E-state index is 12.9. The molecule has 3 heteroatoms. The number of hydrogen-bond donors (Lipinski definition) is 1. The third kappa shape index (κ3) is 3.50. The van der Waals surface area contributed by atoms with Crippen LogP contribution in [0.5, 0.6) is 0 Å². The van der Waals surface area contributed by atoms with Crippen molar-refractivity contribution in [2.75, 3.05) is 11.5 Å². The Morgan fingerprint density at radius 2 is 2.13 bits per heavy atom. The first-order valence-electron chi connectivity index (χ1n) is 5.40. The van der Waals surface area contributed by atoms with Crippen molar-refractivity contribution in [3.63, 3.8) is 0 Å². The normalized spacial score (nSPS) is 17.9. The summed E-state index contributed by atoms with van der Waals surface area (Å²) in [6, 6.07) is 7.44. The molecule has 0 radical (unpaired) electrons. The van der Waals surface area contributed by atoms with E-state index in [-0.39, 0.29) is 5.82 Å². The monoisotopic (exact) mass is 225 g/mol. The molecule has 1 aromatic rings. The number of benzene rings is 1. The molecule has 1 heterocycles. The molecule has 0 saturated carbocycles. The predicted molar refractivity (Wildman–Crippen MR) is 63.6 cm³/mol. The molecule has 1 aromatic carbocycles. The van der Waals surface area contributed by atoms with Crippen molar-refractivity contribution in [3.05, 3.63) is 35.6 Å². The van der Waals surface area contributed by atoms with Crippen LogP contribution in [-0.2, 0) is 6.54 Å². The molecule has 15 heavy (non-hydrogen) atoms. The first kappa shape index (κ1) is 11.0. The largest absolute Gasteiger partial charge is 0.310 e. The topological polar surface area (TPSA) is 12.0 Å². The van der Waals surface area contributed by atoms with Gasteiger partial charge in [-0.2, -0.15) is 11.8 Å². The Hall–Kier alpha value is -0.540. The minimum atomic E-state index is -0.145. The molecular weight excluding hydrogens is 209 g/mol. The summed E-state index contributed by atoms with van der Waals surface area (Å²) in [6.07, 6.45) is 2.47. The maximum Gasteiger partial charge on any atom is 0.123 e. The minimum absolute atomic E-state index is 0.145. The van der Waals surface area contributed by atoms with Crippen molar-refractivity contribution in [2.45, 2.75) is 25.4 Å². The van der Waals surface area contributed by atoms with Crippen LogP contribution in [-0.4, -0.2) is 17.5 Å². The van der Waals surface area contributed by atoms with E-state index in [1.807, 2.05) is 17.8 Å². The van der Waals surface area contributed by atoms with Gasteiger partial charge in [0.2, 0.25) is 0 Å². The summed E-state index contributed by atoms with van der Waals surface area (Å²) in [7, 11) is 0. The van der Waals surface area contributed by atoms with Gasteiger partial charge in [0.05, 0.1) is 0 Å². The Labute approximate surface area is 94.5 Å². The lowest BCUT2D eigenvalue weighted by Crippen LogP contribution is -2.32. The van der Waals surface area contributed by atoms with Gasteiger partial charge in [-0.3, -0.25) is 0 Å². The van der Waals surface area contributed by atoms with Gasteiger partial charge in [-0.15, -0.1) is 0 Å². The molecule has 1 aliphatic heterocycles. The molecule has 0 unspecified atom stereocenters. The summed E-state index contributed by atoms with van der Waals surface area (Å²) in [6.45, 7) is 0.785. The second-order valence-electron chi connectivity index (χ2n) is 3.90. The van der Waals surface area contributed by atoms with Crippen LogP contribution in [0.2, 0.25) is 0 Å². The first-order valence-corrected chi connectivity index (χ1v) is 6.55. The van der Waals surface area contributed by atoms with E-state index in [9.17, 15) is 4.39 Å². The Balaban J connectivity index is 1.81. The summed E-state index contributed by atoms with van der Waals surface area (Å²) in [5.41, 5.74) is 1.04. The smallest absolute Gasteiger partial charge is 0.123 e. The van der Waals surface area contributed by atoms with Gasteiger partial charge < -0.3 is 5.32 Å². The molecule has 82 valence electrons. The van der Waals surface area contributed by atoms with Crippen molar-refractivity contribution in [3.8, 4) is 0 Å². The quantitative estimate of drug-likeness (QED) is 0.849. The molecule has 0 aliphatic carbocycles. The fourth-order valence-corrected chi connectivity index (χ4v) is 2.92. The number of nitrogens with one attached hydrogen (secondary N) is 1. The van der Waals surface area contributed by atoms with Crippen LogP contribution >= 0.6 is 11.8 Å². The average molecular weight is 225 g/mol. The average Bonchev–Trinajstić information content (AvgIpc) is 2.28. The highest BCUT2D eigenvalue weighted by molar-refractivity contribution is 7.99. The fourth-order valence-electron chi connectivity index (χ4n) is 1.81. The van der Waals surface area contributed by atoms with Gasteiger partial charge in [-0.25, -0.2) is 4.39 Å². The van der Waals surface area contributed by atoms with Gasteiger partial charge in [0.15, 0.2) is 0 Å². The van der Waals surface area contributed by atoms with E-state index in [0.717, 1.165) is 12.1 Å². The molecule has 0 bridgehead atoms. The molecule has 0 amide bonds. The molecule has 1 N–H and O–H groups in total. The lowest BCUT2D eigenvalue weighted by molar-refractivity contribution is 0.481. The minimum Gasteiger partial charge on any atom is -0.310 e. The van der Waals surface area contributed by atoms with E-state index >= 15 is 0 Å². The summed E-state index contributed by atoms with van der Waals surface area (Å²) < 4.78 is 12.9. The highest BCUT2D eigenvalue weighted by Gasteiger charge is 2.12. The molecule has 0 spiro atoms. The van der Waals surface area contributed by atoms with E-state index in [4.69, 9.17) is 0 Å². The zero-order valence-corrected chi connectivity index (χ0v) is 9.52. The van der Waals surface area contributed by atoms with Crippen molar-refractivity contribution in [1.82, 2.24) is 5.32 Å². The van der Waals surface area contributed by atoms with E-state index in [1.165, 1.54) is 30.4 Å². The van der Waals surface area contributed by atoms with Crippen molar-refractivity contribution in [1.29, 1.82) is 0 Å². The first-order chi connectivity index (χ1) is 7.34. The third-order valence-electron chi connectivity index (χ3n) is 2.71. The molecular formula is C12H16FNS. The van der Waals surface area contributed by atoms with E-state index in [2.05, 4.69) is 5.32 Å². The second-order valence-corrected chi connectivity index (χ2v) is 5.12. The molecule has 0 atom stereocenters. The van der Waals surface area contributed by atoms with E-state index in [1.54, 1.807) is 12.1 Å². The van der Waals surface area contributed by atoms with Crippen LogP contribution in [0.15, 0.2) is 24.3 Å². The predicted octanol–water partition coefficient (Wildman–Crippen LogP) is 2.81. The van der Waals surface area contributed by atoms with Crippen LogP contribution in [0.4, 0.5) is 4.39 Å². The standard InChI is InChI=1S/C12H16FNS/c13-11-3-1-2-10(8-11)9-14-12-4-6-15-7-5-12/h1-3,8,12,14H,4-7,9H2. The molecule has 1 aliphatic rings. The molecule has 1 nitrogen and oxygen atoms in total. The second kappa shape index (κ2) is 5.52. The fraction of sp³-hybridized carbons (Fsp3) is 0.500. The van der Waals surface area contributed by atoms with Crippen LogP contribution < -0.4 is 5.32 Å². The van der Waals surface area contributed by atoms with Crippen molar-refractivity contribution < 1.29 is 4.39 Å². The van der Waals surface area contributed by atoms with Crippen LogP contribution in [0.3, 0.4) is 0 Å². The lowest BCUT2D eigenvalue weighted by Gasteiger charge is -2.22. The van der Waals surface area contributed by atoms with Gasteiger partial charge >= 0.3 is 0 Å². The Kier molecular flexibility index (Phi) is 4.03. The molecule has 2 rings (SSSR count). The molecule has 0 aromatic heterocycles. The number of halogens is 1. The SMILES string of the molecule is Fc1cccc(CNC2CCSCC2)c1. The van der Waals surface area contributed by atoms with Gasteiger partial charge in [0.25, 0.3) is 0 Å². The van der Waals surface area contributed by atoms with Crippen molar-refractivity contribution in [2.24, 2.45) is 0 Å². The summed E-state index contributed by atoms with van der Waals surface area (Å²) in [4.78, 5) is 0. The van der Waals surface area contributed by atoms with E-state index in [0.29, 0.717) is 6.04 Å². The van der Waals surface area contributed by atoms with Gasteiger partial charge in [0, 0.05) is 12.6 Å². The molecule has 1 fully saturated rings. The summed E-state index contributed by atoms with van der Waals surface area (Å²) >= 11 is 2.02. The maximum atomic E-state index is 12.9. The summed E-state index contributed by atoms with van der Waals surface area (Å²) in [5, 5.41) is 3.49. The molecule has 1 saturated heterocycles. The number of hydrogen-bond acceptors (Lipinski definition) is 2.